The zero-order valence-corrected chi connectivity index (χ0v) is 15.3. The monoisotopic (exact) mass is 389 g/mol. The second-order valence-corrected chi connectivity index (χ2v) is 6.79. The minimum absolute atomic E-state index is 0.0400. The van der Waals surface area contributed by atoms with E-state index >= 15 is 0 Å². The summed E-state index contributed by atoms with van der Waals surface area (Å²) in [5.74, 6) is 0.0827. The van der Waals surface area contributed by atoms with Crippen molar-refractivity contribution in [3.63, 3.8) is 0 Å². The molecule has 0 saturated carbocycles. The van der Waals surface area contributed by atoms with Gasteiger partial charge in [0.05, 0.1) is 18.5 Å². The smallest absolute Gasteiger partial charge is 0.277 e. The molecule has 0 amide bonds. The molecule has 5 rings (SSSR count). The Balaban J connectivity index is 1.54. The zero-order valence-electron chi connectivity index (χ0n) is 15.3. The number of nitrogens with zero attached hydrogens (tertiary/aromatic N) is 3. The normalized spacial score (nSPS) is 15.7. The van der Waals surface area contributed by atoms with Gasteiger partial charge in [-0.25, -0.2) is 9.07 Å². The van der Waals surface area contributed by atoms with E-state index in [1.165, 1.54) is 16.8 Å². The first-order valence-corrected chi connectivity index (χ1v) is 9.16. The van der Waals surface area contributed by atoms with E-state index in [4.69, 9.17) is 9.47 Å². The lowest BCUT2D eigenvalue weighted by Gasteiger charge is -2.28. The van der Waals surface area contributed by atoms with Crippen LogP contribution in [-0.4, -0.2) is 15.0 Å². The van der Waals surface area contributed by atoms with Crippen LogP contribution in [0.3, 0.4) is 0 Å². The molecule has 0 bridgehead atoms. The second kappa shape index (κ2) is 7.10. The van der Waals surface area contributed by atoms with E-state index in [0.717, 1.165) is 5.56 Å². The number of hydrogen-bond donors (Lipinski definition) is 0. The number of benzene rings is 3. The van der Waals surface area contributed by atoms with Crippen molar-refractivity contribution in [2.24, 2.45) is 0 Å². The molecule has 0 radical (unpaired) electrons. The largest absolute Gasteiger partial charge is 0.460 e. The first-order chi connectivity index (χ1) is 14.2. The summed E-state index contributed by atoms with van der Waals surface area (Å²) < 4.78 is 27.2. The predicted molar refractivity (Wildman–Crippen MR) is 104 cm³/mol. The van der Waals surface area contributed by atoms with Gasteiger partial charge in [0.2, 0.25) is 6.29 Å². The highest BCUT2D eigenvalue weighted by Crippen LogP contribution is 2.36. The predicted octanol–water partition coefficient (Wildman–Crippen LogP) is 3.59. The third kappa shape index (κ3) is 3.25. The number of rotatable bonds is 3. The van der Waals surface area contributed by atoms with E-state index in [1.54, 1.807) is 24.3 Å². The maximum atomic E-state index is 14.2. The molecule has 0 saturated heterocycles. The number of ether oxygens (including phenoxy) is 2. The molecule has 1 aromatic heterocycles. The van der Waals surface area contributed by atoms with E-state index in [-0.39, 0.29) is 18.7 Å². The quantitative estimate of drug-likeness (QED) is 0.536. The summed E-state index contributed by atoms with van der Waals surface area (Å²) in [5, 5.41) is 8.55. The van der Waals surface area contributed by atoms with Crippen LogP contribution in [0.4, 0.5) is 4.39 Å². The van der Waals surface area contributed by atoms with Crippen LogP contribution in [0.15, 0.2) is 71.5 Å². The molecule has 6 nitrogen and oxygen atoms in total. The standard InChI is InChI=1S/C22H16FN3O3/c23-17-10-15(12-26-21(27)18-8-4-5-9-19(18)24-25-26)20-16(11-17)13-28-22(29-20)14-6-2-1-3-7-14/h1-11,22H,12-13H2/t22-/m1/s1. The number of halogens is 1. The summed E-state index contributed by atoms with van der Waals surface area (Å²) in [5.41, 5.74) is 2.19. The molecule has 29 heavy (non-hydrogen) atoms. The molecule has 0 spiro atoms. The van der Waals surface area contributed by atoms with Gasteiger partial charge < -0.3 is 9.47 Å². The van der Waals surface area contributed by atoms with Crippen molar-refractivity contribution in [2.75, 3.05) is 0 Å². The van der Waals surface area contributed by atoms with E-state index in [2.05, 4.69) is 10.3 Å². The van der Waals surface area contributed by atoms with Crippen LogP contribution in [0.5, 0.6) is 5.75 Å². The summed E-state index contributed by atoms with van der Waals surface area (Å²) in [6.45, 7) is 0.246. The van der Waals surface area contributed by atoms with Gasteiger partial charge in [0.15, 0.2) is 0 Å². The van der Waals surface area contributed by atoms with Crippen LogP contribution < -0.4 is 10.3 Å². The highest BCUT2D eigenvalue weighted by Gasteiger charge is 2.25. The van der Waals surface area contributed by atoms with Crippen LogP contribution in [-0.2, 0) is 17.9 Å². The summed E-state index contributed by atoms with van der Waals surface area (Å²) in [7, 11) is 0. The number of aromatic nitrogens is 3. The van der Waals surface area contributed by atoms with Crippen molar-refractivity contribution < 1.29 is 13.9 Å². The molecule has 3 aromatic carbocycles. The number of fused-ring (bicyclic) bond motifs is 2. The Morgan fingerprint density at radius 1 is 1.07 bits per heavy atom. The molecule has 1 atom stereocenters. The summed E-state index contributed by atoms with van der Waals surface area (Å²) in [6, 6.07) is 19.2. The summed E-state index contributed by atoms with van der Waals surface area (Å²) in [4.78, 5) is 12.8. The van der Waals surface area contributed by atoms with Gasteiger partial charge in [0.1, 0.15) is 17.1 Å². The SMILES string of the molecule is O=c1c2ccccc2nnn1Cc1cc(F)cc2c1O[C@H](c1ccccc1)OC2. The molecular weight excluding hydrogens is 373 g/mol. The summed E-state index contributed by atoms with van der Waals surface area (Å²) >= 11 is 0. The van der Waals surface area contributed by atoms with E-state index in [1.807, 2.05) is 30.3 Å². The fraction of sp³-hybridized carbons (Fsp3) is 0.136. The van der Waals surface area contributed by atoms with Crippen molar-refractivity contribution in [2.45, 2.75) is 19.4 Å². The highest BCUT2D eigenvalue weighted by atomic mass is 19.1. The third-order valence-corrected chi connectivity index (χ3v) is 4.84. The topological polar surface area (TPSA) is 66.2 Å². The molecule has 4 aromatic rings. The van der Waals surface area contributed by atoms with Gasteiger partial charge in [0.25, 0.3) is 5.56 Å². The first-order valence-electron chi connectivity index (χ1n) is 9.16. The molecule has 1 aliphatic heterocycles. The molecular formula is C22H16FN3O3. The van der Waals surface area contributed by atoms with E-state index in [0.29, 0.717) is 27.8 Å². The Hall–Kier alpha value is -3.58. The molecule has 2 heterocycles. The summed E-state index contributed by atoms with van der Waals surface area (Å²) in [6.07, 6.45) is -0.604. The lowest BCUT2D eigenvalue weighted by Crippen LogP contribution is -2.26. The Bertz CT molecular complexity index is 1260. The molecule has 0 fully saturated rings. The van der Waals surface area contributed by atoms with Crippen LogP contribution >= 0.6 is 0 Å². The molecule has 144 valence electrons. The maximum absolute atomic E-state index is 14.2. The van der Waals surface area contributed by atoms with Gasteiger partial charge >= 0.3 is 0 Å². The van der Waals surface area contributed by atoms with E-state index < -0.39 is 12.1 Å². The minimum atomic E-state index is -0.604. The van der Waals surface area contributed by atoms with Crippen LogP contribution in [0, 0.1) is 5.82 Å². The zero-order chi connectivity index (χ0) is 19.8. The molecule has 0 aliphatic carbocycles. The molecule has 1 aliphatic rings. The van der Waals surface area contributed by atoms with Gasteiger partial charge in [-0.1, -0.05) is 47.7 Å². The minimum Gasteiger partial charge on any atom is -0.460 e. The van der Waals surface area contributed by atoms with Crippen LogP contribution in [0.25, 0.3) is 10.9 Å². The Labute approximate surface area is 165 Å². The maximum Gasteiger partial charge on any atom is 0.277 e. The third-order valence-electron chi connectivity index (χ3n) is 4.84. The van der Waals surface area contributed by atoms with Crippen molar-refractivity contribution in [1.82, 2.24) is 15.0 Å². The lowest BCUT2D eigenvalue weighted by atomic mass is 10.1. The van der Waals surface area contributed by atoms with Crippen LogP contribution in [0.1, 0.15) is 23.0 Å². The second-order valence-electron chi connectivity index (χ2n) is 6.79. The Morgan fingerprint density at radius 3 is 2.72 bits per heavy atom. The van der Waals surface area contributed by atoms with Crippen molar-refractivity contribution in [3.05, 3.63) is 99.6 Å². The Morgan fingerprint density at radius 2 is 1.86 bits per heavy atom. The molecule has 7 heteroatoms. The highest BCUT2D eigenvalue weighted by molar-refractivity contribution is 5.76. The van der Waals surface area contributed by atoms with E-state index in [9.17, 15) is 9.18 Å². The van der Waals surface area contributed by atoms with Crippen molar-refractivity contribution >= 4 is 10.9 Å². The van der Waals surface area contributed by atoms with Gasteiger partial charge in [-0.05, 0) is 24.3 Å². The first kappa shape index (κ1) is 17.5. The average molecular weight is 389 g/mol. The molecule has 0 unspecified atom stereocenters. The van der Waals surface area contributed by atoms with Gasteiger partial charge in [-0.3, -0.25) is 4.79 Å². The van der Waals surface area contributed by atoms with Gasteiger partial charge in [-0.15, -0.1) is 5.10 Å². The average Bonchev–Trinajstić information content (AvgIpc) is 2.76. The lowest BCUT2D eigenvalue weighted by molar-refractivity contribution is -0.112. The van der Waals surface area contributed by atoms with Gasteiger partial charge in [-0.2, -0.15) is 0 Å². The van der Waals surface area contributed by atoms with Crippen molar-refractivity contribution in [1.29, 1.82) is 0 Å². The molecule has 0 N–H and O–H groups in total. The fourth-order valence-corrected chi connectivity index (χ4v) is 3.46. The Kier molecular flexibility index (Phi) is 4.29. The van der Waals surface area contributed by atoms with Crippen LogP contribution in [0.2, 0.25) is 0 Å². The number of hydrogen-bond acceptors (Lipinski definition) is 5. The fourth-order valence-electron chi connectivity index (χ4n) is 3.46. The van der Waals surface area contributed by atoms with Crippen molar-refractivity contribution in [3.8, 4) is 5.75 Å². The van der Waals surface area contributed by atoms with Gasteiger partial charge in [0, 0.05) is 16.7 Å².